The van der Waals surface area contributed by atoms with E-state index in [1.54, 1.807) is 11.0 Å². The Morgan fingerprint density at radius 1 is 1.15 bits per heavy atom. The predicted molar refractivity (Wildman–Crippen MR) is 90.3 cm³/mol. The SMILES string of the molecule is Cc1cc(C(=O)N2CCC(OC(F)(F)F)CC2)ccc1N1CCOCC1. The topological polar surface area (TPSA) is 42.0 Å². The van der Waals surface area contributed by atoms with Crippen LogP contribution in [0.2, 0.25) is 0 Å². The smallest absolute Gasteiger partial charge is 0.378 e. The van der Waals surface area contributed by atoms with E-state index >= 15 is 0 Å². The summed E-state index contributed by atoms with van der Waals surface area (Å²) in [5, 5.41) is 0. The van der Waals surface area contributed by atoms with Gasteiger partial charge in [-0.1, -0.05) is 0 Å². The number of carbonyl (C=O) groups is 1. The van der Waals surface area contributed by atoms with Gasteiger partial charge in [-0.2, -0.15) is 0 Å². The molecule has 0 spiro atoms. The Hall–Kier alpha value is -1.80. The molecule has 0 aliphatic carbocycles. The number of alkyl halides is 3. The maximum Gasteiger partial charge on any atom is 0.522 e. The number of morpholine rings is 1. The van der Waals surface area contributed by atoms with Crippen LogP contribution in [-0.4, -0.2) is 62.7 Å². The molecule has 2 fully saturated rings. The van der Waals surface area contributed by atoms with Crippen molar-refractivity contribution in [1.82, 2.24) is 4.90 Å². The standard InChI is InChI=1S/C18H23F3N2O3/c1-13-12-14(2-3-16(13)22-8-10-25-11-9-22)17(24)23-6-4-15(5-7-23)26-18(19,20)21/h2-3,12,15H,4-11H2,1H3. The molecule has 2 aliphatic heterocycles. The highest BCUT2D eigenvalue weighted by molar-refractivity contribution is 5.95. The number of amides is 1. The van der Waals surface area contributed by atoms with Gasteiger partial charge in [-0.25, -0.2) is 0 Å². The van der Waals surface area contributed by atoms with E-state index in [9.17, 15) is 18.0 Å². The lowest BCUT2D eigenvalue weighted by atomic mass is 10.0. The van der Waals surface area contributed by atoms with Crippen LogP contribution < -0.4 is 4.90 Å². The number of benzene rings is 1. The molecule has 1 aromatic rings. The fourth-order valence-electron chi connectivity index (χ4n) is 3.50. The first kappa shape index (κ1) is 19.0. The van der Waals surface area contributed by atoms with Gasteiger partial charge in [-0.05, 0) is 43.5 Å². The number of aryl methyl sites for hydroxylation is 1. The number of hydrogen-bond donors (Lipinski definition) is 0. The lowest BCUT2D eigenvalue weighted by Gasteiger charge is -2.33. The molecule has 1 amide bonds. The number of hydrogen-bond acceptors (Lipinski definition) is 4. The van der Waals surface area contributed by atoms with Crippen LogP contribution in [0, 0.1) is 6.92 Å². The second-order valence-corrected chi connectivity index (χ2v) is 6.66. The zero-order chi connectivity index (χ0) is 18.7. The molecule has 5 nitrogen and oxygen atoms in total. The largest absolute Gasteiger partial charge is 0.522 e. The summed E-state index contributed by atoms with van der Waals surface area (Å²) in [4.78, 5) is 16.5. The third kappa shape index (κ3) is 4.67. The summed E-state index contributed by atoms with van der Waals surface area (Å²) >= 11 is 0. The molecule has 8 heteroatoms. The van der Waals surface area contributed by atoms with Crippen molar-refractivity contribution in [3.05, 3.63) is 29.3 Å². The average Bonchev–Trinajstić information content (AvgIpc) is 2.61. The van der Waals surface area contributed by atoms with Crippen LogP contribution in [0.1, 0.15) is 28.8 Å². The number of ether oxygens (including phenoxy) is 2. The zero-order valence-corrected chi connectivity index (χ0v) is 14.7. The van der Waals surface area contributed by atoms with Gasteiger partial charge in [0, 0.05) is 37.4 Å². The van der Waals surface area contributed by atoms with Crippen molar-refractivity contribution >= 4 is 11.6 Å². The Balaban J connectivity index is 1.61. The summed E-state index contributed by atoms with van der Waals surface area (Å²) in [5.74, 6) is -0.146. The van der Waals surface area contributed by atoms with Gasteiger partial charge in [0.25, 0.3) is 5.91 Å². The molecule has 26 heavy (non-hydrogen) atoms. The normalized spacial score (nSPS) is 19.7. The van der Waals surface area contributed by atoms with Crippen LogP contribution in [0.4, 0.5) is 18.9 Å². The van der Waals surface area contributed by atoms with Crippen LogP contribution >= 0.6 is 0 Å². The van der Waals surface area contributed by atoms with Gasteiger partial charge in [-0.15, -0.1) is 13.2 Å². The van der Waals surface area contributed by atoms with E-state index in [1.165, 1.54) is 0 Å². The second kappa shape index (κ2) is 7.84. The van der Waals surface area contributed by atoms with Gasteiger partial charge in [0.2, 0.25) is 0 Å². The molecule has 2 heterocycles. The predicted octanol–water partition coefficient (Wildman–Crippen LogP) is 2.97. The van der Waals surface area contributed by atoms with Crippen LogP contribution in [0.5, 0.6) is 0 Å². The summed E-state index contributed by atoms with van der Waals surface area (Å²) < 4.78 is 46.3. The first-order chi connectivity index (χ1) is 12.3. The molecular formula is C18H23F3N2O3. The molecule has 0 atom stereocenters. The number of halogens is 3. The van der Waals surface area contributed by atoms with Gasteiger partial charge >= 0.3 is 6.36 Å². The Morgan fingerprint density at radius 3 is 2.38 bits per heavy atom. The highest BCUT2D eigenvalue weighted by atomic mass is 19.4. The highest BCUT2D eigenvalue weighted by Gasteiger charge is 2.35. The van der Waals surface area contributed by atoms with Crippen molar-refractivity contribution in [3.8, 4) is 0 Å². The number of rotatable bonds is 3. The average molecular weight is 372 g/mol. The van der Waals surface area contributed by atoms with Crippen LogP contribution in [0.3, 0.4) is 0 Å². The molecule has 0 saturated carbocycles. The van der Waals surface area contributed by atoms with Gasteiger partial charge in [0.1, 0.15) is 0 Å². The number of piperidine rings is 1. The first-order valence-corrected chi connectivity index (χ1v) is 8.80. The highest BCUT2D eigenvalue weighted by Crippen LogP contribution is 2.26. The molecule has 144 valence electrons. The van der Waals surface area contributed by atoms with Crippen molar-refractivity contribution in [2.24, 2.45) is 0 Å². The molecule has 0 aromatic heterocycles. The maximum atomic E-state index is 12.7. The minimum atomic E-state index is -4.62. The summed E-state index contributed by atoms with van der Waals surface area (Å²) in [6.45, 7) is 5.52. The van der Waals surface area contributed by atoms with Crippen LogP contribution in [0.15, 0.2) is 18.2 Å². The molecule has 3 rings (SSSR count). The quantitative estimate of drug-likeness (QED) is 0.818. The maximum absolute atomic E-state index is 12.7. The van der Waals surface area contributed by atoms with Gasteiger partial charge in [0.05, 0.1) is 19.3 Å². The molecule has 0 bridgehead atoms. The van der Waals surface area contributed by atoms with E-state index < -0.39 is 12.5 Å². The lowest BCUT2D eigenvalue weighted by Crippen LogP contribution is -2.42. The zero-order valence-electron chi connectivity index (χ0n) is 14.7. The van der Waals surface area contributed by atoms with Crippen molar-refractivity contribution in [3.63, 3.8) is 0 Å². The van der Waals surface area contributed by atoms with Crippen molar-refractivity contribution in [1.29, 1.82) is 0 Å². The minimum absolute atomic E-state index is 0.146. The summed E-state index contributed by atoms with van der Waals surface area (Å²) in [6, 6.07) is 5.58. The number of nitrogens with zero attached hydrogens (tertiary/aromatic N) is 2. The molecular weight excluding hydrogens is 349 g/mol. The number of anilines is 1. The molecule has 1 aromatic carbocycles. The summed E-state index contributed by atoms with van der Waals surface area (Å²) in [6.07, 6.45) is -5.11. The fourth-order valence-corrected chi connectivity index (χ4v) is 3.50. The minimum Gasteiger partial charge on any atom is -0.378 e. The van der Waals surface area contributed by atoms with E-state index in [2.05, 4.69) is 9.64 Å². The van der Waals surface area contributed by atoms with Gasteiger partial charge in [0.15, 0.2) is 0 Å². The third-order valence-corrected chi connectivity index (χ3v) is 4.83. The van der Waals surface area contributed by atoms with E-state index in [4.69, 9.17) is 4.74 Å². The summed E-state index contributed by atoms with van der Waals surface area (Å²) in [7, 11) is 0. The van der Waals surface area contributed by atoms with E-state index in [1.807, 2.05) is 19.1 Å². The Morgan fingerprint density at radius 2 is 1.81 bits per heavy atom. The van der Waals surface area contributed by atoms with Gasteiger partial charge in [-0.3, -0.25) is 9.53 Å². The van der Waals surface area contributed by atoms with Crippen molar-refractivity contribution in [2.75, 3.05) is 44.3 Å². The first-order valence-electron chi connectivity index (χ1n) is 8.80. The van der Waals surface area contributed by atoms with Crippen molar-refractivity contribution < 1.29 is 27.4 Å². The molecule has 2 aliphatic rings. The lowest BCUT2D eigenvalue weighted by molar-refractivity contribution is -0.345. The molecule has 0 N–H and O–H groups in total. The summed E-state index contributed by atoms with van der Waals surface area (Å²) in [5.41, 5.74) is 2.66. The number of likely N-dealkylation sites (tertiary alicyclic amines) is 1. The number of carbonyl (C=O) groups excluding carboxylic acids is 1. The van der Waals surface area contributed by atoms with Gasteiger partial charge < -0.3 is 14.5 Å². The van der Waals surface area contributed by atoms with E-state index in [0.29, 0.717) is 18.8 Å². The molecule has 0 radical (unpaired) electrons. The van der Waals surface area contributed by atoms with Crippen LogP contribution in [-0.2, 0) is 9.47 Å². The van der Waals surface area contributed by atoms with E-state index in [0.717, 1.165) is 24.3 Å². The third-order valence-electron chi connectivity index (χ3n) is 4.83. The van der Waals surface area contributed by atoms with Crippen molar-refractivity contribution in [2.45, 2.75) is 32.2 Å². The Kier molecular flexibility index (Phi) is 5.72. The molecule has 0 unspecified atom stereocenters. The Bertz CT molecular complexity index is 637. The Labute approximate surface area is 150 Å². The van der Waals surface area contributed by atoms with Crippen LogP contribution in [0.25, 0.3) is 0 Å². The fraction of sp³-hybridized carbons (Fsp3) is 0.611. The second-order valence-electron chi connectivity index (χ2n) is 6.66. The monoisotopic (exact) mass is 372 g/mol. The molecule has 2 saturated heterocycles. The van der Waals surface area contributed by atoms with E-state index in [-0.39, 0.29) is 31.8 Å².